The van der Waals surface area contributed by atoms with E-state index >= 15 is 0 Å². The molecule has 0 fully saturated rings. The van der Waals surface area contributed by atoms with Crippen LogP contribution >= 0.6 is 0 Å². The first-order chi connectivity index (χ1) is 14.6. The summed E-state index contributed by atoms with van der Waals surface area (Å²) in [5.41, 5.74) is 5.15. The highest BCUT2D eigenvalue weighted by Gasteiger charge is 2.13. The van der Waals surface area contributed by atoms with E-state index in [0.29, 0.717) is 11.5 Å². The average Bonchev–Trinajstić information content (AvgIpc) is 3.24. The van der Waals surface area contributed by atoms with Crippen LogP contribution in [0.4, 0.5) is 5.95 Å². The van der Waals surface area contributed by atoms with Crippen LogP contribution in [0.5, 0.6) is 0 Å². The molecule has 4 rings (SSSR count). The minimum Gasteiger partial charge on any atom is -0.308 e. The number of hydrogen-bond donors (Lipinski definition) is 1. The first-order valence-corrected chi connectivity index (χ1v) is 10.5. The Morgan fingerprint density at radius 3 is 2.60 bits per heavy atom. The summed E-state index contributed by atoms with van der Waals surface area (Å²) in [6.07, 6.45) is 5.03. The van der Waals surface area contributed by atoms with Crippen LogP contribution in [0.1, 0.15) is 43.0 Å². The number of unbranched alkanes of at least 4 members (excludes halogenated alkanes) is 2. The van der Waals surface area contributed by atoms with E-state index < -0.39 is 0 Å². The Morgan fingerprint density at radius 2 is 1.83 bits per heavy atom. The van der Waals surface area contributed by atoms with Gasteiger partial charge in [0.2, 0.25) is 5.95 Å². The molecule has 0 spiro atoms. The standard InChI is InChI=1S/C24H27N5O/c1-4-5-8-15-28-22-10-7-6-9-21(22)26-24(28)25-16-20-18(3)27-29(23(20)30)19-13-11-17(2)12-14-19/h6-7,9-14,16,27H,4-5,8,15H2,1-3H3/b25-16+. The van der Waals surface area contributed by atoms with Gasteiger partial charge in [0, 0.05) is 18.5 Å². The van der Waals surface area contributed by atoms with E-state index in [-0.39, 0.29) is 5.56 Å². The van der Waals surface area contributed by atoms with Crippen LogP contribution in [0, 0.1) is 13.8 Å². The van der Waals surface area contributed by atoms with E-state index in [2.05, 4.69) is 32.6 Å². The Balaban J connectivity index is 1.70. The third kappa shape index (κ3) is 3.85. The summed E-state index contributed by atoms with van der Waals surface area (Å²) in [5, 5.41) is 3.15. The smallest absolute Gasteiger partial charge is 0.280 e. The lowest BCUT2D eigenvalue weighted by atomic mass is 10.2. The lowest BCUT2D eigenvalue weighted by Gasteiger charge is -2.05. The number of fused-ring (bicyclic) bond motifs is 1. The number of imidazole rings is 1. The van der Waals surface area contributed by atoms with Crippen molar-refractivity contribution >= 4 is 23.2 Å². The molecule has 2 aromatic heterocycles. The Labute approximate surface area is 175 Å². The molecule has 0 aliphatic heterocycles. The Hall–Kier alpha value is -3.41. The van der Waals surface area contributed by atoms with Crippen molar-refractivity contribution < 1.29 is 0 Å². The maximum atomic E-state index is 13.0. The van der Waals surface area contributed by atoms with Crippen LogP contribution in [0.2, 0.25) is 0 Å². The van der Waals surface area contributed by atoms with Crippen LogP contribution in [0.25, 0.3) is 16.7 Å². The fourth-order valence-corrected chi connectivity index (χ4v) is 3.61. The number of rotatable bonds is 7. The topological polar surface area (TPSA) is 68.0 Å². The van der Waals surface area contributed by atoms with Crippen molar-refractivity contribution in [3.8, 4) is 5.69 Å². The zero-order chi connectivity index (χ0) is 21.1. The minimum absolute atomic E-state index is 0.117. The first kappa shape index (κ1) is 19.9. The number of aliphatic imine (C=N–C) groups is 1. The fraction of sp³-hybridized carbons (Fsp3) is 0.292. The molecule has 0 unspecified atom stereocenters. The van der Waals surface area contributed by atoms with E-state index in [1.165, 1.54) is 0 Å². The zero-order valence-corrected chi connectivity index (χ0v) is 17.7. The van der Waals surface area contributed by atoms with E-state index in [4.69, 9.17) is 0 Å². The van der Waals surface area contributed by atoms with Crippen molar-refractivity contribution in [2.24, 2.45) is 4.99 Å². The van der Waals surface area contributed by atoms with Crippen LogP contribution in [-0.2, 0) is 6.54 Å². The molecule has 1 N–H and O–H groups in total. The second-order valence-corrected chi connectivity index (χ2v) is 7.64. The number of para-hydroxylation sites is 2. The molecule has 0 amide bonds. The van der Waals surface area contributed by atoms with Crippen molar-refractivity contribution in [2.75, 3.05) is 0 Å². The first-order valence-electron chi connectivity index (χ1n) is 10.5. The Morgan fingerprint density at radius 1 is 1.07 bits per heavy atom. The Bertz CT molecular complexity index is 1240. The normalized spacial score (nSPS) is 11.7. The predicted octanol–water partition coefficient (Wildman–Crippen LogP) is 5.07. The summed E-state index contributed by atoms with van der Waals surface area (Å²) in [6, 6.07) is 15.9. The van der Waals surface area contributed by atoms with Crippen molar-refractivity contribution in [1.29, 1.82) is 0 Å². The van der Waals surface area contributed by atoms with Gasteiger partial charge in [-0.1, -0.05) is 49.6 Å². The van der Waals surface area contributed by atoms with Gasteiger partial charge in [-0.2, -0.15) is 0 Å². The van der Waals surface area contributed by atoms with Gasteiger partial charge < -0.3 is 4.57 Å². The van der Waals surface area contributed by atoms with Crippen LogP contribution in [-0.4, -0.2) is 25.5 Å². The van der Waals surface area contributed by atoms with E-state index in [1.807, 2.05) is 56.3 Å². The summed E-state index contributed by atoms with van der Waals surface area (Å²) >= 11 is 0. The molecule has 4 aromatic rings. The van der Waals surface area contributed by atoms with Gasteiger partial charge in [-0.25, -0.2) is 14.7 Å². The number of benzene rings is 2. The van der Waals surface area contributed by atoms with Gasteiger partial charge in [-0.3, -0.25) is 9.89 Å². The molecule has 0 bridgehead atoms. The van der Waals surface area contributed by atoms with E-state index in [9.17, 15) is 4.79 Å². The van der Waals surface area contributed by atoms with Gasteiger partial charge in [0.25, 0.3) is 5.56 Å². The Kier molecular flexibility index (Phi) is 5.65. The van der Waals surface area contributed by atoms with Crippen LogP contribution in [0.15, 0.2) is 58.3 Å². The lowest BCUT2D eigenvalue weighted by Crippen LogP contribution is -2.17. The van der Waals surface area contributed by atoms with Crippen molar-refractivity contribution in [3.63, 3.8) is 0 Å². The minimum atomic E-state index is -0.117. The summed E-state index contributed by atoms with van der Waals surface area (Å²) in [7, 11) is 0. The highest BCUT2D eigenvalue weighted by Crippen LogP contribution is 2.22. The third-order valence-electron chi connectivity index (χ3n) is 5.34. The van der Waals surface area contributed by atoms with Crippen molar-refractivity contribution in [2.45, 2.75) is 46.6 Å². The largest absolute Gasteiger partial charge is 0.308 e. The second-order valence-electron chi connectivity index (χ2n) is 7.64. The molecule has 0 saturated carbocycles. The van der Waals surface area contributed by atoms with E-state index in [0.717, 1.165) is 53.8 Å². The highest BCUT2D eigenvalue weighted by atomic mass is 16.1. The number of H-pyrrole nitrogens is 1. The number of hydrogen-bond acceptors (Lipinski definition) is 3. The summed E-state index contributed by atoms with van der Waals surface area (Å²) in [4.78, 5) is 22.3. The SMILES string of the molecule is CCCCCn1c(/N=C/c2c(C)[nH]n(-c3ccc(C)cc3)c2=O)nc2ccccc21. The molecule has 0 aliphatic rings. The van der Waals surface area contributed by atoms with Crippen LogP contribution < -0.4 is 5.56 Å². The number of aromatic amines is 1. The molecule has 0 atom stereocenters. The maximum Gasteiger partial charge on any atom is 0.280 e. The zero-order valence-electron chi connectivity index (χ0n) is 17.7. The highest BCUT2D eigenvalue weighted by molar-refractivity contribution is 5.84. The molecule has 2 heterocycles. The maximum absolute atomic E-state index is 13.0. The molecule has 0 saturated heterocycles. The monoisotopic (exact) mass is 401 g/mol. The third-order valence-corrected chi connectivity index (χ3v) is 5.34. The molecule has 0 radical (unpaired) electrons. The number of aromatic nitrogens is 4. The predicted molar refractivity (Wildman–Crippen MR) is 122 cm³/mol. The van der Waals surface area contributed by atoms with Crippen molar-refractivity contribution in [3.05, 3.63) is 75.7 Å². The van der Waals surface area contributed by atoms with Gasteiger partial charge in [-0.05, 0) is 44.5 Å². The van der Waals surface area contributed by atoms with Gasteiger partial charge in [0.05, 0.1) is 22.3 Å². The molecular weight excluding hydrogens is 374 g/mol. The average molecular weight is 402 g/mol. The molecular formula is C24H27N5O. The summed E-state index contributed by atoms with van der Waals surface area (Å²) in [5.74, 6) is 0.634. The quantitative estimate of drug-likeness (QED) is 0.347. The molecule has 6 nitrogen and oxygen atoms in total. The second kappa shape index (κ2) is 8.53. The molecule has 2 aromatic carbocycles. The summed E-state index contributed by atoms with van der Waals surface area (Å²) < 4.78 is 3.70. The fourth-order valence-electron chi connectivity index (χ4n) is 3.61. The van der Waals surface area contributed by atoms with Gasteiger partial charge >= 0.3 is 0 Å². The lowest BCUT2D eigenvalue weighted by molar-refractivity contribution is 0.616. The van der Waals surface area contributed by atoms with Gasteiger partial charge in [0.15, 0.2) is 0 Å². The number of nitrogens with zero attached hydrogens (tertiary/aromatic N) is 4. The van der Waals surface area contributed by atoms with Gasteiger partial charge in [0.1, 0.15) is 0 Å². The summed E-state index contributed by atoms with van der Waals surface area (Å²) in [6.45, 7) is 6.97. The molecule has 30 heavy (non-hydrogen) atoms. The molecule has 154 valence electrons. The van der Waals surface area contributed by atoms with Crippen molar-refractivity contribution in [1.82, 2.24) is 19.3 Å². The van der Waals surface area contributed by atoms with Gasteiger partial charge in [-0.15, -0.1) is 0 Å². The molecule has 0 aliphatic carbocycles. The number of aryl methyl sites for hydroxylation is 3. The van der Waals surface area contributed by atoms with E-state index in [1.54, 1.807) is 10.9 Å². The molecule has 6 heteroatoms. The van der Waals surface area contributed by atoms with Crippen LogP contribution in [0.3, 0.4) is 0 Å². The number of nitrogens with one attached hydrogen (secondary N) is 1.